The second-order valence-electron chi connectivity index (χ2n) is 9.24. The number of methoxy groups -OCH3 is 1. The van der Waals surface area contributed by atoms with E-state index < -0.39 is 24.9 Å². The molecule has 0 aliphatic heterocycles. The summed E-state index contributed by atoms with van der Waals surface area (Å²) in [5, 5.41) is 51.4. The lowest BCUT2D eigenvalue weighted by atomic mass is 10.00. The molecule has 37 heavy (non-hydrogen) atoms. The number of hydrogen-bond acceptors (Lipinski definition) is 9. The molecule has 0 spiro atoms. The summed E-state index contributed by atoms with van der Waals surface area (Å²) in [6.45, 7) is 7.38. The number of aliphatic hydroxyl groups is 4. The van der Waals surface area contributed by atoms with E-state index in [1.807, 2.05) is 32.0 Å². The van der Waals surface area contributed by atoms with Crippen molar-refractivity contribution >= 4 is 11.6 Å². The van der Waals surface area contributed by atoms with Crippen LogP contribution in [0.25, 0.3) is 5.70 Å². The number of fused-ring (bicyclic) bond motifs is 1. The highest BCUT2D eigenvalue weighted by Crippen LogP contribution is 2.36. The van der Waals surface area contributed by atoms with Gasteiger partial charge in [0, 0.05) is 23.7 Å². The fourth-order valence-corrected chi connectivity index (χ4v) is 4.40. The normalized spacial score (nSPS) is 17.6. The minimum absolute atomic E-state index is 0.0528. The van der Waals surface area contributed by atoms with Crippen LogP contribution in [0.1, 0.15) is 54.1 Å². The molecule has 5 N–H and O–H groups in total. The summed E-state index contributed by atoms with van der Waals surface area (Å²) < 4.78 is 11.2. The maximum atomic E-state index is 10.1. The first-order valence-electron chi connectivity index (χ1n) is 12.2. The molecule has 0 radical (unpaired) electrons. The van der Waals surface area contributed by atoms with Crippen molar-refractivity contribution in [1.82, 2.24) is 5.32 Å². The lowest BCUT2D eigenvalue weighted by molar-refractivity contribution is -0.0755. The van der Waals surface area contributed by atoms with Gasteiger partial charge in [-0.15, -0.1) is 0 Å². The number of aliphatic hydroxyl groups excluding tert-OH is 4. The van der Waals surface area contributed by atoms with E-state index in [1.165, 1.54) is 7.11 Å². The van der Waals surface area contributed by atoms with Crippen LogP contribution in [0, 0.1) is 11.3 Å². The number of rotatable bonds is 11. The quantitative estimate of drug-likeness (QED) is 0.228. The van der Waals surface area contributed by atoms with E-state index in [0.717, 1.165) is 29.5 Å². The minimum Gasteiger partial charge on any atom is -0.490 e. The molecule has 2 aromatic carbocycles. The summed E-state index contributed by atoms with van der Waals surface area (Å²) in [6.07, 6.45) is -2.61. The first-order valence-corrected chi connectivity index (χ1v) is 12.2. The zero-order valence-corrected chi connectivity index (χ0v) is 21.4. The van der Waals surface area contributed by atoms with Gasteiger partial charge in [0.15, 0.2) is 0 Å². The Labute approximate surface area is 217 Å². The van der Waals surface area contributed by atoms with E-state index >= 15 is 0 Å². The Morgan fingerprint density at radius 1 is 1.22 bits per heavy atom. The molecule has 4 atom stereocenters. The zero-order chi connectivity index (χ0) is 27.1. The maximum Gasteiger partial charge on any atom is 0.221 e. The Balaban J connectivity index is 1.80. The minimum atomic E-state index is -1.45. The molecule has 0 aromatic heterocycles. The van der Waals surface area contributed by atoms with Crippen LogP contribution in [0.15, 0.2) is 48.0 Å². The van der Waals surface area contributed by atoms with E-state index in [1.54, 1.807) is 18.2 Å². The van der Waals surface area contributed by atoms with Crippen molar-refractivity contribution in [2.24, 2.45) is 4.99 Å². The van der Waals surface area contributed by atoms with Crippen LogP contribution < -0.4 is 10.1 Å². The molecule has 0 amide bonds. The predicted octanol–water partition coefficient (Wildman–Crippen LogP) is 2.06. The van der Waals surface area contributed by atoms with Gasteiger partial charge >= 0.3 is 0 Å². The molecule has 1 aliphatic rings. The zero-order valence-electron chi connectivity index (χ0n) is 21.4. The molecule has 0 unspecified atom stereocenters. The smallest absolute Gasteiger partial charge is 0.221 e. The Morgan fingerprint density at radius 3 is 2.62 bits per heavy atom. The van der Waals surface area contributed by atoms with Gasteiger partial charge in [-0.2, -0.15) is 5.26 Å². The third-order valence-electron chi connectivity index (χ3n) is 6.27. The summed E-state index contributed by atoms with van der Waals surface area (Å²) in [7, 11) is 1.51. The molecule has 0 fully saturated rings. The molecular formula is C28H35N3O6. The van der Waals surface area contributed by atoms with Crippen LogP contribution in [0.3, 0.4) is 0 Å². The summed E-state index contributed by atoms with van der Waals surface area (Å²) in [5.41, 5.74) is 4.51. The van der Waals surface area contributed by atoms with Gasteiger partial charge < -0.3 is 35.2 Å². The van der Waals surface area contributed by atoms with Gasteiger partial charge in [0.1, 0.15) is 24.0 Å². The van der Waals surface area contributed by atoms with Gasteiger partial charge in [-0.1, -0.05) is 24.8 Å². The fraction of sp³-hybridized carbons (Fsp3) is 0.429. The summed E-state index contributed by atoms with van der Waals surface area (Å²) in [6, 6.07) is 13.1. The molecule has 0 bridgehead atoms. The van der Waals surface area contributed by atoms with Crippen molar-refractivity contribution in [2.75, 3.05) is 20.3 Å². The highest BCUT2D eigenvalue weighted by Gasteiger charge is 2.28. The van der Waals surface area contributed by atoms with Crippen LogP contribution in [0.5, 0.6) is 5.75 Å². The molecule has 0 saturated heterocycles. The van der Waals surface area contributed by atoms with Crippen molar-refractivity contribution in [3.63, 3.8) is 0 Å². The molecular weight excluding hydrogens is 474 g/mol. The monoisotopic (exact) mass is 509 g/mol. The number of aliphatic imine (C=N–C) groups is 1. The summed E-state index contributed by atoms with van der Waals surface area (Å²) >= 11 is 0. The molecule has 3 rings (SSSR count). The largest absolute Gasteiger partial charge is 0.490 e. The average molecular weight is 510 g/mol. The number of benzene rings is 2. The average Bonchev–Trinajstić information content (AvgIpc) is 3.32. The standard InChI is InChI=1S/C28H35N3O6/c1-16(2)37-26-11-8-18(12-19(26)13-29)28(36-4)31-17(3)20-6-5-7-22-21(20)9-10-23(22)30-14-24(33)27(35)25(34)15-32/h5-8,11-12,16,23-25,27,30,32-35H,3,9-10,14-15H2,1-2,4H3/t23-,24+,25+,27-/m0/s1. The Hall–Kier alpha value is -3.26. The van der Waals surface area contributed by atoms with Crippen molar-refractivity contribution in [1.29, 1.82) is 5.26 Å². The lowest BCUT2D eigenvalue weighted by Gasteiger charge is -2.24. The van der Waals surface area contributed by atoms with Crippen LogP contribution in [-0.2, 0) is 11.2 Å². The number of ether oxygens (including phenoxy) is 2. The number of nitriles is 1. The van der Waals surface area contributed by atoms with Crippen LogP contribution >= 0.6 is 0 Å². The Bertz CT molecular complexity index is 1170. The maximum absolute atomic E-state index is 10.1. The van der Waals surface area contributed by atoms with Gasteiger partial charge in [0.25, 0.3) is 0 Å². The van der Waals surface area contributed by atoms with Crippen molar-refractivity contribution in [3.05, 3.63) is 70.8 Å². The van der Waals surface area contributed by atoms with E-state index in [4.69, 9.17) is 14.6 Å². The van der Waals surface area contributed by atoms with Crippen LogP contribution in [0.2, 0.25) is 0 Å². The topological polar surface area (TPSA) is 148 Å². The fourth-order valence-electron chi connectivity index (χ4n) is 4.40. The number of nitrogens with one attached hydrogen (secondary N) is 1. The van der Waals surface area contributed by atoms with Gasteiger partial charge in [-0.05, 0) is 56.0 Å². The molecule has 0 saturated carbocycles. The van der Waals surface area contributed by atoms with Crippen molar-refractivity contribution in [3.8, 4) is 11.8 Å². The van der Waals surface area contributed by atoms with Gasteiger partial charge in [-0.25, -0.2) is 4.99 Å². The molecule has 198 valence electrons. The second kappa shape index (κ2) is 12.8. The highest BCUT2D eigenvalue weighted by atomic mass is 16.5. The molecule has 1 aliphatic carbocycles. The summed E-state index contributed by atoms with van der Waals surface area (Å²) in [5.74, 6) is 0.820. The molecule has 0 heterocycles. The Morgan fingerprint density at radius 2 is 1.97 bits per heavy atom. The van der Waals surface area contributed by atoms with Gasteiger partial charge in [0.05, 0.1) is 37.2 Å². The number of nitrogens with zero attached hydrogens (tertiary/aromatic N) is 2. The summed E-state index contributed by atoms with van der Waals surface area (Å²) in [4.78, 5) is 4.64. The lowest BCUT2D eigenvalue weighted by Crippen LogP contribution is -2.45. The van der Waals surface area contributed by atoms with Gasteiger partial charge in [-0.3, -0.25) is 0 Å². The van der Waals surface area contributed by atoms with E-state index in [9.17, 15) is 20.6 Å². The van der Waals surface area contributed by atoms with Crippen LogP contribution in [0.4, 0.5) is 0 Å². The van der Waals surface area contributed by atoms with Crippen molar-refractivity contribution < 1.29 is 29.9 Å². The highest BCUT2D eigenvalue weighted by molar-refractivity contribution is 5.98. The third-order valence-corrected chi connectivity index (χ3v) is 6.27. The number of hydrogen-bond donors (Lipinski definition) is 5. The van der Waals surface area contributed by atoms with Crippen molar-refractivity contribution in [2.45, 2.75) is 57.1 Å². The SMILES string of the molecule is C=C(N=C(OC)c1ccc(OC(C)C)c(C#N)c1)c1cccc2c1CC[C@@H]2NC[C@@H](O)[C@H](O)[C@H](O)CO. The first-order chi connectivity index (χ1) is 17.7. The predicted molar refractivity (Wildman–Crippen MR) is 140 cm³/mol. The molecule has 9 heteroatoms. The molecule has 2 aromatic rings. The second-order valence-corrected chi connectivity index (χ2v) is 9.24. The van der Waals surface area contributed by atoms with E-state index in [-0.39, 0.29) is 18.7 Å². The van der Waals surface area contributed by atoms with E-state index in [0.29, 0.717) is 28.5 Å². The van der Waals surface area contributed by atoms with Crippen LogP contribution in [-0.4, -0.2) is 71.0 Å². The Kier molecular flexibility index (Phi) is 9.80. The van der Waals surface area contributed by atoms with E-state index in [2.05, 4.69) is 23.0 Å². The third kappa shape index (κ3) is 6.74. The van der Waals surface area contributed by atoms with Gasteiger partial charge in [0.2, 0.25) is 5.90 Å². The molecule has 9 nitrogen and oxygen atoms in total. The first kappa shape index (κ1) is 28.3.